The van der Waals surface area contributed by atoms with Crippen molar-refractivity contribution in [2.45, 2.75) is 13.8 Å². The number of rotatable bonds is 6. The van der Waals surface area contributed by atoms with E-state index in [9.17, 15) is 14.4 Å². The molecule has 0 aliphatic rings. The molecule has 0 saturated heterocycles. The summed E-state index contributed by atoms with van der Waals surface area (Å²) in [6.45, 7) is 4.04. The number of aryl methyl sites for hydroxylation is 1. The third-order valence-electron chi connectivity index (χ3n) is 4.63. The van der Waals surface area contributed by atoms with Crippen LogP contribution in [0.25, 0.3) is 15.9 Å². The lowest BCUT2D eigenvalue weighted by Crippen LogP contribution is -2.33. The third-order valence-corrected chi connectivity index (χ3v) is 5.45. The third kappa shape index (κ3) is 4.38. The maximum absolute atomic E-state index is 12.9. The molecule has 158 valence electrons. The Kier molecular flexibility index (Phi) is 5.63. The molecule has 0 atom stereocenters. The summed E-state index contributed by atoms with van der Waals surface area (Å²) in [7, 11) is 0. The highest BCUT2D eigenvalue weighted by Crippen LogP contribution is 2.24. The number of amides is 2. The molecule has 0 aliphatic heterocycles. The molecule has 0 spiro atoms. The first-order valence-corrected chi connectivity index (χ1v) is 10.4. The minimum atomic E-state index is -0.305. The summed E-state index contributed by atoms with van der Waals surface area (Å²) >= 11 is 1.25. The van der Waals surface area contributed by atoms with Gasteiger partial charge in [-0.15, -0.1) is 5.10 Å². The summed E-state index contributed by atoms with van der Waals surface area (Å²) < 4.78 is 1.26. The second kappa shape index (κ2) is 8.52. The summed E-state index contributed by atoms with van der Waals surface area (Å²) in [6.07, 6.45) is 0. The molecule has 0 saturated carbocycles. The van der Waals surface area contributed by atoms with Crippen LogP contribution in [0.15, 0.2) is 47.3 Å². The van der Waals surface area contributed by atoms with Crippen molar-refractivity contribution in [1.29, 1.82) is 0 Å². The van der Waals surface area contributed by atoms with Crippen molar-refractivity contribution in [3.8, 4) is 0 Å². The van der Waals surface area contributed by atoms with Crippen LogP contribution in [0.2, 0.25) is 0 Å². The van der Waals surface area contributed by atoms with Gasteiger partial charge in [0.25, 0.3) is 11.5 Å². The lowest BCUT2D eigenvalue weighted by molar-refractivity contribution is -0.118. The smallest absolute Gasteiger partial charge is 0.283 e. The number of benzene rings is 2. The van der Waals surface area contributed by atoms with Crippen molar-refractivity contribution in [3.63, 3.8) is 0 Å². The Morgan fingerprint density at radius 1 is 1.10 bits per heavy atom. The van der Waals surface area contributed by atoms with Gasteiger partial charge in [-0.1, -0.05) is 29.5 Å². The van der Waals surface area contributed by atoms with E-state index in [2.05, 4.69) is 26.0 Å². The molecular formula is C21H20N6O3S. The van der Waals surface area contributed by atoms with Gasteiger partial charge in [-0.3, -0.25) is 14.4 Å². The number of aromatic nitrogens is 3. The first-order valence-electron chi connectivity index (χ1n) is 9.61. The van der Waals surface area contributed by atoms with E-state index < -0.39 is 0 Å². The van der Waals surface area contributed by atoms with E-state index in [4.69, 9.17) is 0 Å². The number of nitrogens with one attached hydrogen (secondary N) is 3. The minimum absolute atomic E-state index is 0.158. The summed E-state index contributed by atoms with van der Waals surface area (Å²) in [4.78, 5) is 41.1. The Labute approximate surface area is 181 Å². The lowest BCUT2D eigenvalue weighted by atomic mass is 10.1. The molecule has 2 aromatic heterocycles. The average molecular weight is 436 g/mol. The largest absolute Gasteiger partial charge is 0.355 e. The van der Waals surface area contributed by atoms with Gasteiger partial charge in [0.05, 0.1) is 10.9 Å². The maximum Gasteiger partial charge on any atom is 0.283 e. The highest BCUT2D eigenvalue weighted by Gasteiger charge is 2.14. The van der Waals surface area contributed by atoms with Crippen molar-refractivity contribution >= 4 is 49.8 Å². The summed E-state index contributed by atoms with van der Waals surface area (Å²) in [5.41, 5.74) is 2.46. The van der Waals surface area contributed by atoms with Gasteiger partial charge in [-0.2, -0.15) is 4.52 Å². The van der Waals surface area contributed by atoms with Crippen LogP contribution in [0.3, 0.4) is 0 Å². The number of anilines is 2. The molecule has 0 fully saturated rings. The van der Waals surface area contributed by atoms with Gasteiger partial charge in [0.2, 0.25) is 16.0 Å². The van der Waals surface area contributed by atoms with Crippen molar-refractivity contribution < 1.29 is 9.59 Å². The van der Waals surface area contributed by atoms with E-state index in [0.29, 0.717) is 39.6 Å². The topological polar surface area (TPSA) is 117 Å². The van der Waals surface area contributed by atoms with E-state index in [1.54, 1.807) is 18.2 Å². The van der Waals surface area contributed by atoms with E-state index >= 15 is 0 Å². The van der Waals surface area contributed by atoms with Crippen LogP contribution in [-0.4, -0.2) is 39.5 Å². The fourth-order valence-electron chi connectivity index (χ4n) is 3.05. The molecule has 9 nitrogen and oxygen atoms in total. The number of nitrogens with zero attached hydrogens (tertiary/aromatic N) is 3. The quantitative estimate of drug-likeness (QED) is 0.399. The summed E-state index contributed by atoms with van der Waals surface area (Å²) in [5.74, 6) is -0.463. The zero-order chi connectivity index (χ0) is 22.0. The molecule has 0 unspecified atom stereocenters. The second-order valence-corrected chi connectivity index (χ2v) is 7.89. The number of hydrogen-bond acceptors (Lipinski definition) is 7. The molecule has 2 heterocycles. The molecule has 4 rings (SSSR count). The average Bonchev–Trinajstić information content (AvgIpc) is 3.15. The lowest BCUT2D eigenvalue weighted by Gasteiger charge is -2.06. The van der Waals surface area contributed by atoms with Crippen molar-refractivity contribution in [2.75, 3.05) is 18.4 Å². The van der Waals surface area contributed by atoms with Crippen LogP contribution in [0.1, 0.15) is 22.8 Å². The van der Waals surface area contributed by atoms with E-state index in [1.165, 1.54) is 22.8 Å². The van der Waals surface area contributed by atoms with Crippen LogP contribution < -0.4 is 21.5 Å². The van der Waals surface area contributed by atoms with E-state index in [-0.39, 0.29) is 17.4 Å². The molecule has 0 aliphatic carbocycles. The fourth-order valence-corrected chi connectivity index (χ4v) is 3.86. The Hall–Kier alpha value is -3.79. The fraction of sp³-hybridized carbons (Fsp3) is 0.190. The van der Waals surface area contributed by atoms with Crippen LogP contribution in [-0.2, 0) is 4.79 Å². The van der Waals surface area contributed by atoms with Gasteiger partial charge >= 0.3 is 0 Å². The molecule has 3 N–H and O–H groups in total. The van der Waals surface area contributed by atoms with Gasteiger partial charge < -0.3 is 16.0 Å². The Bertz CT molecular complexity index is 1360. The number of fused-ring (bicyclic) bond motifs is 2. The molecule has 0 radical (unpaired) electrons. The zero-order valence-electron chi connectivity index (χ0n) is 16.9. The van der Waals surface area contributed by atoms with Gasteiger partial charge in [0.1, 0.15) is 0 Å². The molecule has 0 bridgehead atoms. The van der Waals surface area contributed by atoms with Crippen molar-refractivity contribution in [3.05, 3.63) is 63.9 Å². The predicted molar refractivity (Wildman–Crippen MR) is 120 cm³/mol. The predicted octanol–water partition coefficient (Wildman–Crippen LogP) is 2.22. The highest BCUT2D eigenvalue weighted by molar-refractivity contribution is 7.20. The summed E-state index contributed by atoms with van der Waals surface area (Å²) in [6, 6.07) is 12.5. The van der Waals surface area contributed by atoms with Gasteiger partial charge in [-0.05, 0) is 36.8 Å². The number of carbonyl (C=O) groups is 2. The molecular weight excluding hydrogens is 416 g/mol. The molecule has 31 heavy (non-hydrogen) atoms. The summed E-state index contributed by atoms with van der Waals surface area (Å²) in [5, 5.41) is 13.8. The maximum atomic E-state index is 12.9. The van der Waals surface area contributed by atoms with Gasteiger partial charge in [0, 0.05) is 31.3 Å². The van der Waals surface area contributed by atoms with E-state index in [1.807, 2.05) is 31.2 Å². The minimum Gasteiger partial charge on any atom is -0.355 e. The standard InChI is InChI=1S/C21H20N6O3S/c1-12-5-3-4-6-16(12)24-20-26-27-19(30)15-8-7-14(11-17(15)25-21(27)31-20)18(29)23-10-9-22-13(2)28/h3-8,11H,9-10H2,1-2H3,(H,22,28)(H,23,29)(H,24,26). The molecule has 2 aromatic carbocycles. The zero-order valence-corrected chi connectivity index (χ0v) is 17.7. The molecule has 2 amide bonds. The van der Waals surface area contributed by atoms with Crippen LogP contribution in [0.5, 0.6) is 0 Å². The van der Waals surface area contributed by atoms with Gasteiger partial charge in [-0.25, -0.2) is 4.98 Å². The number of hydrogen-bond donors (Lipinski definition) is 3. The van der Waals surface area contributed by atoms with Crippen LogP contribution in [0, 0.1) is 6.92 Å². The van der Waals surface area contributed by atoms with Crippen molar-refractivity contribution in [1.82, 2.24) is 25.2 Å². The van der Waals surface area contributed by atoms with E-state index in [0.717, 1.165) is 11.3 Å². The number of para-hydroxylation sites is 1. The Morgan fingerprint density at radius 2 is 1.87 bits per heavy atom. The molecule has 10 heteroatoms. The van der Waals surface area contributed by atoms with Crippen LogP contribution >= 0.6 is 11.3 Å². The SMILES string of the molecule is CC(=O)NCCNC(=O)c1ccc2c(=O)n3nc(Nc4ccccc4C)sc3nc2c1. The van der Waals surface area contributed by atoms with Crippen molar-refractivity contribution in [2.24, 2.45) is 0 Å². The molecule has 4 aromatic rings. The second-order valence-electron chi connectivity index (χ2n) is 6.93. The monoisotopic (exact) mass is 436 g/mol. The Balaban J connectivity index is 1.61. The highest BCUT2D eigenvalue weighted by atomic mass is 32.1. The first kappa shape index (κ1) is 20.5. The number of carbonyl (C=O) groups excluding carboxylic acids is 2. The van der Waals surface area contributed by atoms with Crippen LogP contribution in [0.4, 0.5) is 10.8 Å². The Morgan fingerprint density at radius 3 is 2.65 bits per heavy atom. The normalized spacial score (nSPS) is 10.9. The first-order chi connectivity index (χ1) is 14.9. The van der Waals surface area contributed by atoms with Gasteiger partial charge in [0.15, 0.2) is 0 Å².